The van der Waals surface area contributed by atoms with Gasteiger partial charge in [0.05, 0.1) is 17.9 Å². The largest absolute Gasteiger partial charge is 0.493 e. The topological polar surface area (TPSA) is 54.1 Å². The standard InChI is InChI=1S/C23H23F3N2O2/c1-22(10-2-11-22)21(29)28-20-14-27-19-8-3-15(13-18(19)20)9-12-30-17-6-4-16(5-7-17)23(24,25)26/h3-8,13-14,27H,2,9-12H2,1H3,(H,28,29). The molecule has 1 amide bonds. The third-order valence-corrected chi connectivity index (χ3v) is 5.84. The second-order valence-corrected chi connectivity index (χ2v) is 8.07. The van der Waals surface area contributed by atoms with Gasteiger partial charge < -0.3 is 15.0 Å². The fourth-order valence-electron chi connectivity index (χ4n) is 3.66. The molecule has 0 bridgehead atoms. The maximum absolute atomic E-state index is 12.6. The number of rotatable bonds is 6. The lowest BCUT2D eigenvalue weighted by Crippen LogP contribution is -2.39. The molecule has 2 N–H and O–H groups in total. The van der Waals surface area contributed by atoms with Crippen molar-refractivity contribution in [3.8, 4) is 5.75 Å². The Kier molecular flexibility index (Phi) is 5.22. The van der Waals surface area contributed by atoms with Crippen molar-refractivity contribution in [3.63, 3.8) is 0 Å². The fraction of sp³-hybridized carbons (Fsp3) is 0.348. The van der Waals surface area contributed by atoms with Gasteiger partial charge in [-0.2, -0.15) is 13.2 Å². The number of aromatic amines is 1. The lowest BCUT2D eigenvalue weighted by atomic mass is 9.70. The molecule has 1 aliphatic rings. The lowest BCUT2D eigenvalue weighted by Gasteiger charge is -2.36. The van der Waals surface area contributed by atoms with Gasteiger partial charge in [-0.1, -0.05) is 19.4 Å². The van der Waals surface area contributed by atoms with Gasteiger partial charge in [0.2, 0.25) is 5.91 Å². The highest BCUT2D eigenvalue weighted by molar-refractivity contribution is 6.03. The van der Waals surface area contributed by atoms with Crippen molar-refractivity contribution in [1.29, 1.82) is 0 Å². The Bertz CT molecular complexity index is 1050. The second kappa shape index (κ2) is 7.70. The highest BCUT2D eigenvalue weighted by Crippen LogP contribution is 2.41. The Hall–Kier alpha value is -2.96. The van der Waals surface area contributed by atoms with Crippen molar-refractivity contribution in [2.24, 2.45) is 5.41 Å². The fourth-order valence-corrected chi connectivity index (χ4v) is 3.66. The first-order valence-corrected chi connectivity index (χ1v) is 9.96. The Morgan fingerprint density at radius 1 is 1.17 bits per heavy atom. The highest BCUT2D eigenvalue weighted by atomic mass is 19.4. The van der Waals surface area contributed by atoms with E-state index in [1.54, 1.807) is 6.20 Å². The van der Waals surface area contributed by atoms with Gasteiger partial charge in [-0.25, -0.2) is 0 Å². The van der Waals surface area contributed by atoms with E-state index in [0.717, 1.165) is 53.5 Å². The summed E-state index contributed by atoms with van der Waals surface area (Å²) in [5, 5.41) is 3.97. The van der Waals surface area contributed by atoms with E-state index in [4.69, 9.17) is 4.74 Å². The summed E-state index contributed by atoms with van der Waals surface area (Å²) in [6, 6.07) is 10.6. The van der Waals surface area contributed by atoms with E-state index in [-0.39, 0.29) is 11.3 Å². The first-order valence-electron chi connectivity index (χ1n) is 9.96. The maximum atomic E-state index is 12.6. The van der Waals surface area contributed by atoms with Crippen molar-refractivity contribution in [2.45, 2.75) is 38.8 Å². The Morgan fingerprint density at radius 3 is 2.53 bits per heavy atom. The summed E-state index contributed by atoms with van der Waals surface area (Å²) >= 11 is 0. The van der Waals surface area contributed by atoms with Crippen LogP contribution in [0.5, 0.6) is 5.75 Å². The predicted molar refractivity (Wildman–Crippen MR) is 110 cm³/mol. The van der Waals surface area contributed by atoms with Gasteiger partial charge in [-0.3, -0.25) is 4.79 Å². The van der Waals surface area contributed by atoms with E-state index in [0.29, 0.717) is 18.8 Å². The van der Waals surface area contributed by atoms with Gasteiger partial charge in [0, 0.05) is 28.9 Å². The summed E-state index contributed by atoms with van der Waals surface area (Å²) in [5.74, 6) is 0.443. The number of alkyl halides is 3. The monoisotopic (exact) mass is 416 g/mol. The van der Waals surface area contributed by atoms with Crippen LogP contribution in [0.4, 0.5) is 18.9 Å². The van der Waals surface area contributed by atoms with Gasteiger partial charge >= 0.3 is 6.18 Å². The zero-order valence-corrected chi connectivity index (χ0v) is 16.6. The van der Waals surface area contributed by atoms with Crippen LogP contribution in [0, 0.1) is 5.41 Å². The van der Waals surface area contributed by atoms with Crippen LogP contribution >= 0.6 is 0 Å². The Balaban J connectivity index is 1.39. The van der Waals surface area contributed by atoms with Crippen LogP contribution < -0.4 is 10.1 Å². The summed E-state index contributed by atoms with van der Waals surface area (Å²) in [7, 11) is 0. The van der Waals surface area contributed by atoms with Crippen molar-refractivity contribution in [2.75, 3.05) is 11.9 Å². The average molecular weight is 416 g/mol. The average Bonchev–Trinajstić information content (AvgIpc) is 3.08. The number of ether oxygens (including phenoxy) is 1. The minimum atomic E-state index is -4.35. The maximum Gasteiger partial charge on any atom is 0.416 e. The number of anilines is 1. The zero-order chi connectivity index (χ0) is 21.4. The molecule has 1 aliphatic carbocycles. The number of aromatic nitrogens is 1. The summed E-state index contributed by atoms with van der Waals surface area (Å²) in [4.78, 5) is 15.7. The normalized spacial score (nSPS) is 15.6. The van der Waals surface area contributed by atoms with Crippen molar-refractivity contribution in [3.05, 3.63) is 59.8 Å². The number of carbonyl (C=O) groups is 1. The van der Waals surface area contributed by atoms with Crippen LogP contribution in [0.15, 0.2) is 48.7 Å². The molecule has 158 valence electrons. The number of H-pyrrole nitrogens is 1. The first-order chi connectivity index (χ1) is 14.2. The molecule has 1 heterocycles. The molecule has 7 heteroatoms. The summed E-state index contributed by atoms with van der Waals surface area (Å²) in [6.07, 6.45) is 0.941. The molecule has 3 aromatic rings. The molecule has 0 saturated heterocycles. The van der Waals surface area contributed by atoms with E-state index >= 15 is 0 Å². The second-order valence-electron chi connectivity index (χ2n) is 8.07. The van der Waals surface area contributed by atoms with Crippen LogP contribution in [0.2, 0.25) is 0 Å². The molecule has 0 unspecified atom stereocenters. The molecular weight excluding hydrogens is 393 g/mol. The van der Waals surface area contributed by atoms with Gasteiger partial charge in [0.25, 0.3) is 0 Å². The molecule has 30 heavy (non-hydrogen) atoms. The van der Waals surface area contributed by atoms with E-state index in [1.165, 1.54) is 12.1 Å². The van der Waals surface area contributed by atoms with Gasteiger partial charge in [0.1, 0.15) is 5.75 Å². The number of nitrogens with one attached hydrogen (secondary N) is 2. The molecule has 1 fully saturated rings. The third kappa shape index (κ3) is 4.15. The van der Waals surface area contributed by atoms with Crippen molar-refractivity contribution >= 4 is 22.5 Å². The minimum Gasteiger partial charge on any atom is -0.493 e. The lowest BCUT2D eigenvalue weighted by molar-refractivity contribution is -0.137. The SMILES string of the molecule is CC1(C(=O)Nc2c[nH]c3ccc(CCOc4ccc(C(F)(F)F)cc4)cc23)CCC1. The van der Waals surface area contributed by atoms with Crippen LogP contribution in [-0.4, -0.2) is 17.5 Å². The van der Waals surface area contributed by atoms with Crippen LogP contribution in [-0.2, 0) is 17.4 Å². The minimum absolute atomic E-state index is 0.0469. The molecule has 0 spiro atoms. The predicted octanol–water partition coefficient (Wildman–Crippen LogP) is 5.94. The number of amides is 1. The molecule has 4 nitrogen and oxygen atoms in total. The molecule has 0 atom stereocenters. The Morgan fingerprint density at radius 2 is 1.90 bits per heavy atom. The molecule has 1 saturated carbocycles. The Labute approximate surface area is 172 Å². The smallest absolute Gasteiger partial charge is 0.416 e. The van der Waals surface area contributed by atoms with Gasteiger partial charge in [0.15, 0.2) is 0 Å². The molecule has 0 radical (unpaired) electrons. The van der Waals surface area contributed by atoms with Gasteiger partial charge in [-0.05, 0) is 54.8 Å². The van der Waals surface area contributed by atoms with Crippen molar-refractivity contribution < 1.29 is 22.7 Å². The molecule has 1 aromatic heterocycles. The molecule has 2 aromatic carbocycles. The van der Waals surface area contributed by atoms with Crippen molar-refractivity contribution in [1.82, 2.24) is 4.98 Å². The number of hydrogen-bond acceptors (Lipinski definition) is 2. The molecule has 0 aliphatic heterocycles. The number of carbonyl (C=O) groups excluding carboxylic acids is 1. The number of fused-ring (bicyclic) bond motifs is 1. The molecular formula is C23H23F3N2O2. The summed E-state index contributed by atoms with van der Waals surface area (Å²) < 4.78 is 43.5. The number of hydrogen-bond donors (Lipinski definition) is 2. The van der Waals surface area contributed by atoms with Crippen LogP contribution in [0.25, 0.3) is 10.9 Å². The van der Waals surface area contributed by atoms with E-state index < -0.39 is 11.7 Å². The number of benzene rings is 2. The quantitative estimate of drug-likeness (QED) is 0.523. The van der Waals surface area contributed by atoms with Crippen LogP contribution in [0.1, 0.15) is 37.3 Å². The van der Waals surface area contributed by atoms with Gasteiger partial charge in [-0.15, -0.1) is 0 Å². The first kappa shape index (κ1) is 20.3. The van der Waals surface area contributed by atoms with Crippen LogP contribution in [0.3, 0.4) is 0 Å². The van der Waals surface area contributed by atoms with E-state index in [9.17, 15) is 18.0 Å². The number of halogens is 3. The molecule has 4 rings (SSSR count). The van der Waals surface area contributed by atoms with E-state index in [2.05, 4.69) is 10.3 Å². The van der Waals surface area contributed by atoms with E-state index in [1.807, 2.05) is 25.1 Å². The summed E-state index contributed by atoms with van der Waals surface area (Å²) in [6.45, 7) is 2.33. The summed E-state index contributed by atoms with van der Waals surface area (Å²) in [5.41, 5.74) is 1.72. The third-order valence-electron chi connectivity index (χ3n) is 5.84. The zero-order valence-electron chi connectivity index (χ0n) is 16.6. The highest BCUT2D eigenvalue weighted by Gasteiger charge is 2.39.